The van der Waals surface area contributed by atoms with Crippen LogP contribution in [-0.4, -0.2) is 13.0 Å². The van der Waals surface area contributed by atoms with Gasteiger partial charge in [-0.25, -0.2) is 0 Å². The Kier molecular flexibility index (Phi) is 7.91. The Morgan fingerprint density at radius 3 is 2.52 bits per heavy atom. The first kappa shape index (κ1) is 23.1. The van der Waals surface area contributed by atoms with Gasteiger partial charge in [-0.3, -0.25) is 4.79 Å². The van der Waals surface area contributed by atoms with Gasteiger partial charge in [0.2, 0.25) is 0 Å². The van der Waals surface area contributed by atoms with Gasteiger partial charge in [-0.1, -0.05) is 73.8 Å². The van der Waals surface area contributed by atoms with Crippen molar-refractivity contribution in [3.63, 3.8) is 0 Å². The van der Waals surface area contributed by atoms with Crippen LogP contribution < -0.4 is 10.1 Å². The minimum absolute atomic E-state index is 0.0487. The fourth-order valence-electron chi connectivity index (χ4n) is 2.97. The Morgan fingerprint density at radius 2 is 1.84 bits per heavy atom. The van der Waals surface area contributed by atoms with Crippen LogP contribution in [0.1, 0.15) is 16.7 Å². The Hall–Kier alpha value is -2.59. The predicted octanol–water partition coefficient (Wildman–Crippen LogP) is 7.01. The summed E-state index contributed by atoms with van der Waals surface area (Å²) in [6.45, 7) is 0. The van der Waals surface area contributed by atoms with Crippen molar-refractivity contribution in [1.29, 1.82) is 5.26 Å². The lowest BCUT2D eigenvalue weighted by molar-refractivity contribution is -0.112. The molecule has 3 aromatic carbocycles. The van der Waals surface area contributed by atoms with Crippen molar-refractivity contribution in [1.82, 2.24) is 0 Å². The van der Waals surface area contributed by atoms with E-state index in [0.717, 1.165) is 20.1 Å². The summed E-state index contributed by atoms with van der Waals surface area (Å²) in [5.74, 6) is 0.114. The number of amides is 1. The molecule has 0 aliphatic carbocycles. The molecule has 0 spiro atoms. The highest BCUT2D eigenvalue weighted by molar-refractivity contribution is 9.10. The summed E-state index contributed by atoms with van der Waals surface area (Å²) >= 11 is 13.3. The molecule has 0 saturated carbocycles. The molecular formula is C24H17Br2ClN2O2. The molecule has 156 valence electrons. The molecule has 0 saturated heterocycles. The van der Waals surface area contributed by atoms with Crippen molar-refractivity contribution in [2.75, 3.05) is 12.4 Å². The van der Waals surface area contributed by atoms with Crippen LogP contribution in [0.25, 0.3) is 6.08 Å². The third-order valence-corrected chi connectivity index (χ3v) is 6.33. The number of ether oxygens (including phenoxy) is 1. The molecule has 4 nitrogen and oxygen atoms in total. The summed E-state index contributed by atoms with van der Waals surface area (Å²) in [6, 6.07) is 20.4. The van der Waals surface area contributed by atoms with Crippen molar-refractivity contribution in [3.8, 4) is 11.8 Å². The molecule has 0 heterocycles. The van der Waals surface area contributed by atoms with E-state index in [1.165, 1.54) is 6.08 Å². The molecule has 0 radical (unpaired) electrons. The minimum Gasteiger partial charge on any atom is -0.496 e. The molecule has 0 aliphatic heterocycles. The lowest BCUT2D eigenvalue weighted by Gasteiger charge is -2.13. The number of methoxy groups -OCH3 is 1. The van der Waals surface area contributed by atoms with E-state index in [1.807, 2.05) is 36.4 Å². The molecule has 0 atom stereocenters. The molecular weight excluding hydrogens is 544 g/mol. The van der Waals surface area contributed by atoms with E-state index in [2.05, 4.69) is 37.2 Å². The Balaban J connectivity index is 1.91. The first-order valence-electron chi connectivity index (χ1n) is 9.20. The third-order valence-electron chi connectivity index (χ3n) is 4.52. The zero-order valence-corrected chi connectivity index (χ0v) is 20.4. The van der Waals surface area contributed by atoms with E-state index < -0.39 is 5.91 Å². The zero-order valence-electron chi connectivity index (χ0n) is 16.5. The Labute approximate surface area is 202 Å². The summed E-state index contributed by atoms with van der Waals surface area (Å²) < 4.78 is 7.42. The summed E-state index contributed by atoms with van der Waals surface area (Å²) in [5, 5.41) is 12.6. The minimum atomic E-state index is -0.539. The SMILES string of the molecule is COc1cc(/C=C(\C#N)C(=O)Nc2ccccc2Cl)cc(Br)c1Cc1ccccc1Br. The maximum Gasteiger partial charge on any atom is 0.266 e. The highest BCUT2D eigenvalue weighted by Crippen LogP contribution is 2.33. The second kappa shape index (κ2) is 10.6. The van der Waals surface area contributed by atoms with Crippen LogP contribution in [-0.2, 0) is 11.2 Å². The molecule has 7 heteroatoms. The van der Waals surface area contributed by atoms with Gasteiger partial charge < -0.3 is 10.1 Å². The van der Waals surface area contributed by atoms with Gasteiger partial charge in [-0.2, -0.15) is 5.26 Å². The van der Waals surface area contributed by atoms with Gasteiger partial charge in [0, 0.05) is 20.9 Å². The van der Waals surface area contributed by atoms with E-state index in [4.69, 9.17) is 16.3 Å². The molecule has 3 aromatic rings. The lowest BCUT2D eigenvalue weighted by Crippen LogP contribution is -2.13. The predicted molar refractivity (Wildman–Crippen MR) is 131 cm³/mol. The van der Waals surface area contributed by atoms with Crippen molar-refractivity contribution >= 4 is 61.1 Å². The zero-order chi connectivity index (χ0) is 22.4. The van der Waals surface area contributed by atoms with Crippen LogP contribution in [0, 0.1) is 11.3 Å². The topological polar surface area (TPSA) is 62.1 Å². The molecule has 0 aromatic heterocycles. The van der Waals surface area contributed by atoms with Crippen LogP contribution >= 0.6 is 43.5 Å². The fraction of sp³-hybridized carbons (Fsp3) is 0.0833. The average molecular weight is 561 g/mol. The molecule has 1 amide bonds. The van der Waals surface area contributed by atoms with Crippen molar-refractivity contribution in [2.45, 2.75) is 6.42 Å². The monoisotopic (exact) mass is 558 g/mol. The molecule has 1 N–H and O–H groups in total. The molecule has 3 rings (SSSR count). The highest BCUT2D eigenvalue weighted by Gasteiger charge is 2.15. The van der Waals surface area contributed by atoms with E-state index in [0.29, 0.717) is 28.4 Å². The number of hydrogen-bond acceptors (Lipinski definition) is 3. The van der Waals surface area contributed by atoms with Gasteiger partial charge in [-0.05, 0) is 47.5 Å². The van der Waals surface area contributed by atoms with Crippen molar-refractivity contribution in [2.24, 2.45) is 0 Å². The van der Waals surface area contributed by atoms with Gasteiger partial charge in [0.25, 0.3) is 5.91 Å². The number of nitriles is 1. The molecule has 0 fully saturated rings. The van der Waals surface area contributed by atoms with E-state index >= 15 is 0 Å². The summed E-state index contributed by atoms with van der Waals surface area (Å²) in [7, 11) is 1.59. The maximum atomic E-state index is 12.6. The third kappa shape index (κ3) is 5.76. The first-order chi connectivity index (χ1) is 14.9. The Bertz CT molecular complexity index is 1200. The van der Waals surface area contributed by atoms with Crippen LogP contribution in [0.3, 0.4) is 0 Å². The largest absolute Gasteiger partial charge is 0.496 e. The standard InChI is InChI=1S/C24H17Br2ClN2O2/c1-31-23-12-15(11-20(26)18(23)13-16-6-2-3-7-19(16)25)10-17(14-28)24(30)29-22-9-5-4-8-21(22)27/h2-12H,13H2,1H3,(H,29,30)/b17-10+. The smallest absolute Gasteiger partial charge is 0.266 e. The van der Waals surface area contributed by atoms with Gasteiger partial charge in [-0.15, -0.1) is 0 Å². The number of nitrogens with zero attached hydrogens (tertiary/aromatic N) is 1. The van der Waals surface area contributed by atoms with Crippen molar-refractivity contribution in [3.05, 3.63) is 96.9 Å². The number of rotatable bonds is 6. The van der Waals surface area contributed by atoms with Crippen LogP contribution in [0.2, 0.25) is 5.02 Å². The number of carbonyl (C=O) groups is 1. The number of para-hydroxylation sites is 1. The van der Waals surface area contributed by atoms with E-state index in [1.54, 1.807) is 37.4 Å². The number of benzene rings is 3. The fourth-order valence-corrected chi connectivity index (χ4v) is 4.18. The first-order valence-corrected chi connectivity index (χ1v) is 11.2. The van der Waals surface area contributed by atoms with E-state index in [-0.39, 0.29) is 5.57 Å². The number of nitrogens with one attached hydrogen (secondary N) is 1. The molecule has 0 bridgehead atoms. The quantitative estimate of drug-likeness (QED) is 0.261. The normalized spacial score (nSPS) is 11.0. The average Bonchev–Trinajstić information content (AvgIpc) is 2.76. The van der Waals surface area contributed by atoms with Gasteiger partial charge in [0.05, 0.1) is 17.8 Å². The summed E-state index contributed by atoms with van der Waals surface area (Å²) in [5.41, 5.74) is 3.13. The molecule has 0 unspecified atom stereocenters. The van der Waals surface area contributed by atoms with Crippen LogP contribution in [0.15, 0.2) is 75.2 Å². The molecule has 0 aliphatic rings. The molecule has 31 heavy (non-hydrogen) atoms. The van der Waals surface area contributed by atoms with Crippen molar-refractivity contribution < 1.29 is 9.53 Å². The number of carbonyl (C=O) groups excluding carboxylic acids is 1. The second-order valence-electron chi connectivity index (χ2n) is 6.56. The second-order valence-corrected chi connectivity index (χ2v) is 8.67. The lowest BCUT2D eigenvalue weighted by atomic mass is 10.0. The number of hydrogen-bond donors (Lipinski definition) is 1. The van der Waals surface area contributed by atoms with Crippen LogP contribution in [0.5, 0.6) is 5.75 Å². The Morgan fingerprint density at radius 1 is 1.13 bits per heavy atom. The number of halogens is 3. The number of anilines is 1. The van der Waals surface area contributed by atoms with Gasteiger partial charge in [0.15, 0.2) is 0 Å². The van der Waals surface area contributed by atoms with Gasteiger partial charge >= 0.3 is 0 Å². The summed E-state index contributed by atoms with van der Waals surface area (Å²) in [4.78, 5) is 12.6. The summed E-state index contributed by atoms with van der Waals surface area (Å²) in [6.07, 6.45) is 2.16. The highest BCUT2D eigenvalue weighted by atomic mass is 79.9. The van der Waals surface area contributed by atoms with Crippen LogP contribution in [0.4, 0.5) is 5.69 Å². The van der Waals surface area contributed by atoms with E-state index in [9.17, 15) is 10.1 Å². The maximum absolute atomic E-state index is 12.6. The van der Waals surface area contributed by atoms with Gasteiger partial charge in [0.1, 0.15) is 17.4 Å².